The summed E-state index contributed by atoms with van der Waals surface area (Å²) in [7, 11) is 0. The van der Waals surface area contributed by atoms with Crippen LogP contribution in [-0.4, -0.2) is 32.7 Å². The first-order valence-electron chi connectivity index (χ1n) is 11.8. The van der Waals surface area contributed by atoms with Crippen molar-refractivity contribution < 1.29 is 9.26 Å². The lowest BCUT2D eigenvalue weighted by Crippen LogP contribution is -2.32. The number of benzene rings is 2. The van der Waals surface area contributed by atoms with Crippen LogP contribution in [0.25, 0.3) is 23.5 Å². The number of pyridine rings is 1. The number of aromatic amines is 1. The molecular formula is C28H28N4O3. The molecule has 0 spiro atoms. The Balaban J connectivity index is 1.33. The Kier molecular flexibility index (Phi) is 6.59. The maximum Gasteiger partial charge on any atom is 0.259 e. The first kappa shape index (κ1) is 22.8. The molecule has 3 heterocycles. The van der Waals surface area contributed by atoms with E-state index in [1.807, 2.05) is 56.3 Å². The van der Waals surface area contributed by atoms with Gasteiger partial charge in [-0.2, -0.15) is 4.98 Å². The van der Waals surface area contributed by atoms with Crippen molar-refractivity contribution >= 4 is 12.2 Å². The van der Waals surface area contributed by atoms with Crippen LogP contribution < -0.4 is 10.3 Å². The Morgan fingerprint density at radius 2 is 1.97 bits per heavy atom. The fourth-order valence-corrected chi connectivity index (χ4v) is 4.25. The van der Waals surface area contributed by atoms with E-state index in [4.69, 9.17) is 9.26 Å². The van der Waals surface area contributed by atoms with Gasteiger partial charge in [0.25, 0.3) is 11.4 Å². The van der Waals surface area contributed by atoms with Gasteiger partial charge in [0.05, 0.1) is 11.7 Å². The van der Waals surface area contributed by atoms with Crippen molar-refractivity contribution in [3.63, 3.8) is 0 Å². The van der Waals surface area contributed by atoms with Crippen molar-refractivity contribution in [3.05, 3.63) is 99.3 Å². The van der Waals surface area contributed by atoms with Crippen LogP contribution >= 0.6 is 0 Å². The summed E-state index contributed by atoms with van der Waals surface area (Å²) in [6.45, 7) is 6.51. The molecule has 2 aromatic heterocycles. The molecule has 7 nitrogen and oxygen atoms in total. The predicted molar refractivity (Wildman–Crippen MR) is 136 cm³/mol. The molecule has 2 aromatic carbocycles. The van der Waals surface area contributed by atoms with E-state index in [1.165, 1.54) is 5.56 Å². The molecule has 178 valence electrons. The highest BCUT2D eigenvalue weighted by Gasteiger charge is 2.21. The molecule has 1 N–H and O–H groups in total. The highest BCUT2D eigenvalue weighted by Crippen LogP contribution is 2.22. The number of rotatable bonds is 7. The SMILES string of the molecule is CC(C)Oc1cccc(/C=C/c2nc(-c3cc4c([nH]c3=O)CCN(Cc3ccccc3)C4)no2)c1. The van der Waals surface area contributed by atoms with Crippen LogP contribution in [0.5, 0.6) is 5.75 Å². The van der Waals surface area contributed by atoms with Crippen molar-refractivity contribution in [3.8, 4) is 17.1 Å². The molecule has 35 heavy (non-hydrogen) atoms. The second-order valence-electron chi connectivity index (χ2n) is 8.99. The Labute approximate surface area is 204 Å². The monoisotopic (exact) mass is 468 g/mol. The largest absolute Gasteiger partial charge is 0.491 e. The van der Waals surface area contributed by atoms with Gasteiger partial charge in [-0.3, -0.25) is 9.69 Å². The zero-order valence-corrected chi connectivity index (χ0v) is 19.9. The van der Waals surface area contributed by atoms with Gasteiger partial charge in [0, 0.05) is 37.8 Å². The van der Waals surface area contributed by atoms with Crippen LogP contribution in [0.4, 0.5) is 0 Å². The maximum atomic E-state index is 12.8. The van der Waals surface area contributed by atoms with Crippen LogP contribution in [0.15, 0.2) is 70.0 Å². The Morgan fingerprint density at radius 1 is 1.11 bits per heavy atom. The molecule has 4 aromatic rings. The predicted octanol–water partition coefficient (Wildman–Crippen LogP) is 4.94. The first-order valence-corrected chi connectivity index (χ1v) is 11.8. The second-order valence-corrected chi connectivity index (χ2v) is 8.99. The molecule has 0 unspecified atom stereocenters. The van der Waals surface area contributed by atoms with Gasteiger partial charge in [-0.15, -0.1) is 0 Å². The third-order valence-corrected chi connectivity index (χ3v) is 5.87. The average Bonchev–Trinajstić information content (AvgIpc) is 3.32. The number of fused-ring (bicyclic) bond motifs is 1. The summed E-state index contributed by atoms with van der Waals surface area (Å²) < 4.78 is 11.1. The van der Waals surface area contributed by atoms with Gasteiger partial charge in [-0.1, -0.05) is 47.6 Å². The normalized spacial score (nSPS) is 13.9. The molecule has 0 bridgehead atoms. The molecule has 5 rings (SSSR count). The summed E-state index contributed by atoms with van der Waals surface area (Å²) >= 11 is 0. The molecule has 0 saturated heterocycles. The van der Waals surface area contributed by atoms with Gasteiger partial charge < -0.3 is 14.2 Å². The number of aromatic nitrogens is 3. The standard InChI is InChI=1S/C28H28N4O3/c1-19(2)34-23-10-6-9-20(15-23)11-12-26-30-27(31-35-26)24-16-22-18-32(14-13-25(22)29-28(24)33)17-21-7-4-3-5-8-21/h3-12,15-16,19H,13-14,17-18H2,1-2H3,(H,29,33)/b12-11+. The van der Waals surface area contributed by atoms with E-state index in [1.54, 1.807) is 6.08 Å². The van der Waals surface area contributed by atoms with Gasteiger partial charge in [0.1, 0.15) is 5.75 Å². The molecule has 0 radical (unpaired) electrons. The summed E-state index contributed by atoms with van der Waals surface area (Å²) in [6.07, 6.45) is 4.52. The molecular weight excluding hydrogens is 440 g/mol. The van der Waals surface area contributed by atoms with Crippen molar-refractivity contribution in [1.82, 2.24) is 20.0 Å². The minimum absolute atomic E-state index is 0.104. The van der Waals surface area contributed by atoms with Crippen LogP contribution in [0.3, 0.4) is 0 Å². The van der Waals surface area contributed by atoms with Gasteiger partial charge in [0.2, 0.25) is 5.82 Å². The minimum atomic E-state index is -0.199. The zero-order chi connectivity index (χ0) is 24.2. The zero-order valence-electron chi connectivity index (χ0n) is 19.9. The molecule has 0 fully saturated rings. The van der Waals surface area contributed by atoms with Crippen LogP contribution in [0, 0.1) is 0 Å². The maximum absolute atomic E-state index is 12.8. The van der Waals surface area contributed by atoms with Crippen molar-refractivity contribution in [2.75, 3.05) is 6.54 Å². The van der Waals surface area contributed by atoms with Crippen molar-refractivity contribution in [1.29, 1.82) is 0 Å². The van der Waals surface area contributed by atoms with Gasteiger partial charge in [-0.25, -0.2) is 0 Å². The molecule has 7 heteroatoms. The summed E-state index contributed by atoms with van der Waals surface area (Å²) in [5.41, 5.74) is 4.52. The van der Waals surface area contributed by atoms with E-state index < -0.39 is 0 Å². The number of H-pyrrole nitrogens is 1. The molecule has 0 saturated carbocycles. The van der Waals surface area contributed by atoms with Gasteiger partial charge in [0.15, 0.2) is 0 Å². The Bertz CT molecular complexity index is 1390. The molecule has 1 aliphatic rings. The number of hydrogen-bond donors (Lipinski definition) is 1. The second kappa shape index (κ2) is 10.1. The average molecular weight is 469 g/mol. The number of nitrogens with zero attached hydrogens (tertiary/aromatic N) is 3. The number of ether oxygens (including phenoxy) is 1. The summed E-state index contributed by atoms with van der Waals surface area (Å²) in [5, 5.41) is 4.06. The van der Waals surface area contributed by atoms with Crippen LogP contribution in [0.1, 0.15) is 42.1 Å². The first-order chi connectivity index (χ1) is 17.0. The third-order valence-electron chi connectivity index (χ3n) is 5.87. The highest BCUT2D eigenvalue weighted by atomic mass is 16.5. The molecule has 1 aliphatic heterocycles. The summed E-state index contributed by atoms with van der Waals surface area (Å²) in [4.78, 5) is 22.6. The Morgan fingerprint density at radius 3 is 2.80 bits per heavy atom. The van der Waals surface area contributed by atoms with E-state index in [-0.39, 0.29) is 17.5 Å². The van der Waals surface area contributed by atoms with Gasteiger partial charge in [-0.05, 0) is 54.8 Å². The fourth-order valence-electron chi connectivity index (χ4n) is 4.25. The minimum Gasteiger partial charge on any atom is -0.491 e. The molecule has 0 amide bonds. The quantitative estimate of drug-likeness (QED) is 0.414. The van der Waals surface area contributed by atoms with E-state index in [0.717, 1.165) is 48.6 Å². The van der Waals surface area contributed by atoms with Crippen LogP contribution in [-0.2, 0) is 19.5 Å². The lowest BCUT2D eigenvalue weighted by atomic mass is 10.0. The smallest absolute Gasteiger partial charge is 0.259 e. The molecule has 0 atom stereocenters. The number of hydrogen-bond acceptors (Lipinski definition) is 6. The van der Waals surface area contributed by atoms with Crippen molar-refractivity contribution in [2.24, 2.45) is 0 Å². The number of nitrogens with one attached hydrogen (secondary N) is 1. The van der Waals surface area contributed by atoms with Crippen LogP contribution in [0.2, 0.25) is 0 Å². The van der Waals surface area contributed by atoms with E-state index in [9.17, 15) is 4.79 Å². The van der Waals surface area contributed by atoms with Crippen molar-refractivity contribution in [2.45, 2.75) is 39.5 Å². The lowest BCUT2D eigenvalue weighted by molar-refractivity contribution is 0.242. The fraction of sp³-hybridized carbons (Fsp3) is 0.250. The summed E-state index contributed by atoms with van der Waals surface area (Å²) in [5.74, 6) is 1.42. The van der Waals surface area contributed by atoms with E-state index in [0.29, 0.717) is 11.5 Å². The molecule has 0 aliphatic carbocycles. The van der Waals surface area contributed by atoms with E-state index >= 15 is 0 Å². The Hall–Kier alpha value is -3.97. The van der Waals surface area contributed by atoms with Gasteiger partial charge >= 0.3 is 0 Å². The highest BCUT2D eigenvalue weighted by molar-refractivity contribution is 5.67. The van der Waals surface area contributed by atoms with E-state index in [2.05, 4.69) is 44.3 Å². The third kappa shape index (κ3) is 5.58. The topological polar surface area (TPSA) is 84.2 Å². The summed E-state index contributed by atoms with van der Waals surface area (Å²) in [6, 6.07) is 20.1. The lowest BCUT2D eigenvalue weighted by Gasteiger charge is -2.28.